The van der Waals surface area contributed by atoms with Crippen LogP contribution in [0.2, 0.25) is 0 Å². The van der Waals surface area contributed by atoms with Crippen LogP contribution in [0.5, 0.6) is 0 Å². The van der Waals surface area contributed by atoms with Gasteiger partial charge >= 0.3 is 0 Å². The first kappa shape index (κ1) is 16.3. The summed E-state index contributed by atoms with van der Waals surface area (Å²) in [5, 5.41) is 4.07. The van der Waals surface area contributed by atoms with E-state index in [1.54, 1.807) is 30.3 Å². The number of benzene rings is 2. The van der Waals surface area contributed by atoms with Gasteiger partial charge in [0.25, 0.3) is 10.0 Å². The third-order valence-corrected chi connectivity index (χ3v) is 4.96. The molecule has 3 rings (SSSR count). The van der Waals surface area contributed by atoms with Crippen molar-refractivity contribution in [2.24, 2.45) is 0 Å². The highest BCUT2D eigenvalue weighted by atomic mass is 32.2. The molecule has 0 fully saturated rings. The first-order valence-electron chi connectivity index (χ1n) is 7.62. The van der Waals surface area contributed by atoms with Crippen LogP contribution < -0.4 is 4.72 Å². The Morgan fingerprint density at radius 2 is 1.54 bits per heavy atom. The van der Waals surface area contributed by atoms with Gasteiger partial charge in [-0.1, -0.05) is 67.5 Å². The maximum absolute atomic E-state index is 12.7. The normalized spacial score (nSPS) is 11.6. The van der Waals surface area contributed by atoms with Crippen LogP contribution in [0.25, 0.3) is 11.3 Å². The van der Waals surface area contributed by atoms with Gasteiger partial charge in [-0.15, -0.1) is 0 Å². The van der Waals surface area contributed by atoms with Crippen LogP contribution in [-0.4, -0.2) is 13.6 Å². The molecule has 0 amide bonds. The smallest absolute Gasteiger partial charge is 0.262 e. The lowest BCUT2D eigenvalue weighted by atomic mass is 10.1. The number of rotatable bonds is 5. The fourth-order valence-electron chi connectivity index (χ4n) is 2.37. The zero-order valence-electron chi connectivity index (χ0n) is 13.4. The highest BCUT2D eigenvalue weighted by Gasteiger charge is 2.25. The van der Waals surface area contributed by atoms with Crippen molar-refractivity contribution >= 4 is 15.7 Å². The minimum Gasteiger partial charge on any atom is -0.354 e. The van der Waals surface area contributed by atoms with Crippen molar-refractivity contribution in [3.05, 3.63) is 66.4 Å². The van der Waals surface area contributed by atoms with Crippen molar-refractivity contribution in [1.82, 2.24) is 5.16 Å². The van der Waals surface area contributed by atoms with Crippen LogP contribution in [0.1, 0.15) is 25.5 Å². The van der Waals surface area contributed by atoms with Crippen molar-refractivity contribution in [2.75, 3.05) is 4.72 Å². The molecule has 0 aliphatic rings. The minimum atomic E-state index is -3.72. The molecular weight excluding hydrogens is 324 g/mol. The number of aromatic nitrogens is 1. The molecule has 0 atom stereocenters. The Labute approximate surface area is 141 Å². The maximum Gasteiger partial charge on any atom is 0.262 e. The Hall–Kier alpha value is -2.60. The van der Waals surface area contributed by atoms with Crippen LogP contribution in [0.3, 0.4) is 0 Å². The zero-order valence-corrected chi connectivity index (χ0v) is 14.2. The molecule has 0 saturated heterocycles. The van der Waals surface area contributed by atoms with Crippen molar-refractivity contribution in [2.45, 2.75) is 24.7 Å². The highest BCUT2D eigenvalue weighted by molar-refractivity contribution is 7.92. The van der Waals surface area contributed by atoms with Gasteiger partial charge in [0.2, 0.25) is 0 Å². The quantitative estimate of drug-likeness (QED) is 0.752. The Morgan fingerprint density at radius 3 is 2.12 bits per heavy atom. The summed E-state index contributed by atoms with van der Waals surface area (Å²) < 4.78 is 33.5. The van der Waals surface area contributed by atoms with Gasteiger partial charge in [-0.3, -0.25) is 4.72 Å². The molecule has 3 aromatic rings. The first-order chi connectivity index (χ1) is 11.5. The van der Waals surface area contributed by atoms with E-state index in [9.17, 15) is 8.42 Å². The summed E-state index contributed by atoms with van der Waals surface area (Å²) in [5.74, 6) is 0.429. The second-order valence-corrected chi connectivity index (χ2v) is 7.39. The average Bonchev–Trinajstić information content (AvgIpc) is 2.99. The van der Waals surface area contributed by atoms with Gasteiger partial charge in [0, 0.05) is 11.5 Å². The summed E-state index contributed by atoms with van der Waals surface area (Å²) in [4.78, 5) is 0.194. The number of hydrogen-bond acceptors (Lipinski definition) is 4. The third kappa shape index (κ3) is 3.19. The molecule has 0 spiro atoms. The molecule has 0 aliphatic heterocycles. The topological polar surface area (TPSA) is 72.2 Å². The average molecular weight is 342 g/mol. The summed E-state index contributed by atoms with van der Waals surface area (Å²) in [5.41, 5.74) is 1.73. The van der Waals surface area contributed by atoms with E-state index in [4.69, 9.17) is 4.52 Å². The molecule has 0 bridgehead atoms. The van der Waals surface area contributed by atoms with Crippen LogP contribution in [-0.2, 0) is 10.0 Å². The molecule has 0 saturated carbocycles. The minimum absolute atomic E-state index is 0.0136. The Bertz CT molecular complexity index is 917. The third-order valence-electron chi connectivity index (χ3n) is 3.59. The zero-order chi connectivity index (χ0) is 17.2. The van der Waals surface area contributed by atoms with Gasteiger partial charge in [0.1, 0.15) is 11.4 Å². The lowest BCUT2D eigenvalue weighted by Gasteiger charge is -2.10. The van der Waals surface area contributed by atoms with E-state index in [0.29, 0.717) is 17.1 Å². The van der Waals surface area contributed by atoms with Crippen LogP contribution in [0, 0.1) is 0 Å². The summed E-state index contributed by atoms with van der Waals surface area (Å²) in [6.45, 7) is 3.87. The molecule has 0 radical (unpaired) electrons. The van der Waals surface area contributed by atoms with Gasteiger partial charge in [-0.2, -0.15) is 0 Å². The summed E-state index contributed by atoms with van der Waals surface area (Å²) in [6, 6.07) is 17.6. The molecule has 124 valence electrons. The van der Waals surface area contributed by atoms with Gasteiger partial charge in [0.15, 0.2) is 5.76 Å². The summed E-state index contributed by atoms with van der Waals surface area (Å²) >= 11 is 0. The van der Waals surface area contributed by atoms with E-state index in [2.05, 4.69) is 9.88 Å². The van der Waals surface area contributed by atoms with E-state index < -0.39 is 10.0 Å². The highest BCUT2D eigenvalue weighted by Crippen LogP contribution is 2.36. The number of anilines is 1. The summed E-state index contributed by atoms with van der Waals surface area (Å²) in [6.07, 6.45) is 0. The van der Waals surface area contributed by atoms with Crippen molar-refractivity contribution in [3.63, 3.8) is 0 Å². The van der Waals surface area contributed by atoms with E-state index in [0.717, 1.165) is 5.56 Å². The first-order valence-corrected chi connectivity index (χ1v) is 9.10. The fourth-order valence-corrected chi connectivity index (χ4v) is 3.47. The molecule has 1 heterocycles. The van der Waals surface area contributed by atoms with Gasteiger partial charge in [-0.05, 0) is 12.1 Å². The van der Waals surface area contributed by atoms with Gasteiger partial charge in [0.05, 0.1) is 4.90 Å². The van der Waals surface area contributed by atoms with Crippen LogP contribution in [0.15, 0.2) is 70.1 Å². The Morgan fingerprint density at radius 1 is 0.958 bits per heavy atom. The molecule has 1 aromatic heterocycles. The standard InChI is InChI=1S/C18H18N2O3S/c1-13(2)16-17(18(23-19-16)14-9-5-3-6-10-14)20-24(21,22)15-11-7-4-8-12-15/h3-13,20H,1-2H3. The molecule has 1 N–H and O–H groups in total. The predicted octanol–water partition coefficient (Wildman–Crippen LogP) is 4.27. The predicted molar refractivity (Wildman–Crippen MR) is 93.3 cm³/mol. The van der Waals surface area contributed by atoms with E-state index in [1.165, 1.54) is 0 Å². The van der Waals surface area contributed by atoms with Gasteiger partial charge in [-0.25, -0.2) is 8.42 Å². The van der Waals surface area contributed by atoms with E-state index in [-0.39, 0.29) is 10.8 Å². The fraction of sp³-hybridized carbons (Fsp3) is 0.167. The molecule has 2 aromatic carbocycles. The van der Waals surface area contributed by atoms with Crippen molar-refractivity contribution in [1.29, 1.82) is 0 Å². The second kappa shape index (κ2) is 6.49. The van der Waals surface area contributed by atoms with Crippen LogP contribution in [0.4, 0.5) is 5.69 Å². The lowest BCUT2D eigenvalue weighted by Crippen LogP contribution is -2.14. The monoisotopic (exact) mass is 342 g/mol. The lowest BCUT2D eigenvalue weighted by molar-refractivity contribution is 0.420. The number of nitrogens with zero attached hydrogens (tertiary/aromatic N) is 1. The molecule has 5 nitrogen and oxygen atoms in total. The Balaban J connectivity index is 2.08. The number of hydrogen-bond donors (Lipinski definition) is 1. The largest absolute Gasteiger partial charge is 0.354 e. The Kier molecular flexibility index (Phi) is 4.40. The molecular formula is C18H18N2O3S. The van der Waals surface area contributed by atoms with Crippen LogP contribution >= 0.6 is 0 Å². The molecule has 6 heteroatoms. The second-order valence-electron chi connectivity index (χ2n) is 5.71. The number of nitrogens with one attached hydrogen (secondary N) is 1. The van der Waals surface area contributed by atoms with Crippen molar-refractivity contribution < 1.29 is 12.9 Å². The van der Waals surface area contributed by atoms with E-state index in [1.807, 2.05) is 44.2 Å². The number of sulfonamides is 1. The maximum atomic E-state index is 12.7. The molecule has 0 unspecified atom stereocenters. The summed E-state index contributed by atoms with van der Waals surface area (Å²) in [7, 11) is -3.72. The van der Waals surface area contributed by atoms with E-state index >= 15 is 0 Å². The molecule has 0 aliphatic carbocycles. The molecule has 24 heavy (non-hydrogen) atoms. The van der Waals surface area contributed by atoms with Gasteiger partial charge < -0.3 is 4.52 Å². The van der Waals surface area contributed by atoms with Crippen molar-refractivity contribution in [3.8, 4) is 11.3 Å². The SMILES string of the molecule is CC(C)c1noc(-c2ccccc2)c1NS(=O)(=O)c1ccccc1.